The maximum atomic E-state index is 14.1. The Bertz CT molecular complexity index is 1260. The maximum absolute atomic E-state index is 14.1. The van der Waals surface area contributed by atoms with Crippen LogP contribution in [0.25, 0.3) is 0 Å². The number of rotatable bonds is 14. The minimum absolute atomic E-state index is 0.0246. The van der Waals surface area contributed by atoms with Crippen LogP contribution in [-0.2, 0) is 19.2 Å². The summed E-state index contributed by atoms with van der Waals surface area (Å²) >= 11 is 0. The molecule has 1 heterocycles. The number of likely N-dealkylation sites (tertiary alicyclic amines) is 1. The number of ketones is 2. The zero-order chi connectivity index (χ0) is 33.0. The lowest BCUT2D eigenvalue weighted by molar-refractivity contribution is -0.143. The van der Waals surface area contributed by atoms with E-state index < -0.39 is 53.1 Å². The highest BCUT2D eigenvalue weighted by atomic mass is 16.2. The van der Waals surface area contributed by atoms with Gasteiger partial charge in [0.15, 0.2) is 5.78 Å². The summed E-state index contributed by atoms with van der Waals surface area (Å²) in [7, 11) is 0. The lowest BCUT2D eigenvalue weighted by atomic mass is 9.85. The first kappa shape index (κ1) is 35.7. The van der Waals surface area contributed by atoms with E-state index in [0.29, 0.717) is 12.0 Å². The van der Waals surface area contributed by atoms with Gasteiger partial charge in [-0.1, -0.05) is 71.0 Å². The lowest BCUT2D eigenvalue weighted by Gasteiger charge is -2.35. The van der Waals surface area contributed by atoms with E-state index in [1.54, 1.807) is 51.1 Å². The van der Waals surface area contributed by atoms with Gasteiger partial charge < -0.3 is 26.2 Å². The van der Waals surface area contributed by atoms with Gasteiger partial charge in [0, 0.05) is 25.1 Å². The van der Waals surface area contributed by atoms with Gasteiger partial charge in [-0.15, -0.1) is 18.9 Å². The van der Waals surface area contributed by atoms with E-state index in [1.165, 1.54) is 11.0 Å². The second kappa shape index (κ2) is 16.4. The minimum atomic E-state index is -1.18. The van der Waals surface area contributed by atoms with E-state index in [-0.39, 0.29) is 50.1 Å². The second-order valence-electron chi connectivity index (χ2n) is 12.3. The van der Waals surface area contributed by atoms with Crippen molar-refractivity contribution in [2.24, 2.45) is 17.3 Å². The highest BCUT2D eigenvalue weighted by Crippen LogP contribution is 2.32. The predicted octanol–water partition coefficient (Wildman–Crippen LogP) is 2.23. The van der Waals surface area contributed by atoms with Gasteiger partial charge in [-0.05, 0) is 30.1 Å². The van der Waals surface area contributed by atoms with Crippen molar-refractivity contribution in [2.45, 2.75) is 72.0 Å². The summed E-state index contributed by atoms with van der Waals surface area (Å²) < 4.78 is 0. The molecule has 1 aromatic rings. The molecule has 1 aromatic carbocycles. The molecular formula is C33H45N5O6. The highest BCUT2D eigenvalue weighted by Gasteiger charge is 2.46. The van der Waals surface area contributed by atoms with Crippen LogP contribution in [0.15, 0.2) is 43.0 Å². The number of carbonyl (C=O) groups is 6. The fraction of sp³-hybridized carbons (Fsp3) is 0.515. The SMILES string of the molecule is C#CCCC(NC(=O)C1C[C@@H](C(C)C)CN1C(=O)C(NC(=O)NCC(=O)c1ccccc1)C(C)(C)C)C(=O)C(=O)NCC=C. The first-order valence-corrected chi connectivity index (χ1v) is 14.8. The summed E-state index contributed by atoms with van der Waals surface area (Å²) in [5.41, 5.74) is -0.317. The van der Waals surface area contributed by atoms with Crippen LogP contribution < -0.4 is 21.3 Å². The summed E-state index contributed by atoms with van der Waals surface area (Å²) in [6.07, 6.45) is 7.33. The molecule has 5 amide bonds. The smallest absolute Gasteiger partial charge is 0.315 e. The Kier molecular flexibility index (Phi) is 13.3. The number of urea groups is 1. The first-order valence-electron chi connectivity index (χ1n) is 14.8. The molecule has 1 saturated heterocycles. The number of hydrogen-bond acceptors (Lipinski definition) is 6. The van der Waals surface area contributed by atoms with Crippen molar-refractivity contribution in [3.63, 3.8) is 0 Å². The molecule has 2 rings (SSSR count). The molecule has 1 fully saturated rings. The molecule has 0 aromatic heterocycles. The normalized spacial score (nSPS) is 17.5. The van der Waals surface area contributed by atoms with Crippen LogP contribution in [0, 0.1) is 29.6 Å². The summed E-state index contributed by atoms with van der Waals surface area (Å²) in [6, 6.07) is 4.65. The van der Waals surface area contributed by atoms with E-state index in [2.05, 4.69) is 33.8 Å². The van der Waals surface area contributed by atoms with Gasteiger partial charge >= 0.3 is 6.03 Å². The van der Waals surface area contributed by atoms with E-state index in [4.69, 9.17) is 6.42 Å². The number of carbonyl (C=O) groups excluding carboxylic acids is 6. The molecule has 3 unspecified atom stereocenters. The molecule has 0 radical (unpaired) electrons. The van der Waals surface area contributed by atoms with Crippen molar-refractivity contribution >= 4 is 35.3 Å². The van der Waals surface area contributed by atoms with E-state index >= 15 is 0 Å². The number of nitrogens with zero attached hydrogens (tertiary/aromatic N) is 1. The van der Waals surface area contributed by atoms with Crippen LogP contribution >= 0.6 is 0 Å². The third-order valence-corrected chi connectivity index (χ3v) is 7.60. The Morgan fingerprint density at radius 2 is 1.73 bits per heavy atom. The molecule has 4 N–H and O–H groups in total. The van der Waals surface area contributed by atoms with Crippen molar-refractivity contribution in [2.75, 3.05) is 19.6 Å². The summed E-state index contributed by atoms with van der Waals surface area (Å²) in [5, 5.41) is 10.3. The third-order valence-electron chi connectivity index (χ3n) is 7.60. The number of Topliss-reactive ketones (excluding diaryl/α,β-unsaturated/α-hetero) is 2. The second-order valence-corrected chi connectivity index (χ2v) is 12.3. The Balaban J connectivity index is 2.25. The molecule has 0 spiro atoms. The topological polar surface area (TPSA) is 154 Å². The zero-order valence-corrected chi connectivity index (χ0v) is 26.3. The van der Waals surface area contributed by atoms with Gasteiger partial charge in [0.05, 0.1) is 12.6 Å². The molecule has 11 nitrogen and oxygen atoms in total. The molecule has 11 heteroatoms. The number of hydrogen-bond donors (Lipinski definition) is 4. The van der Waals surface area contributed by atoms with Crippen LogP contribution in [0.3, 0.4) is 0 Å². The maximum Gasteiger partial charge on any atom is 0.315 e. The molecule has 0 saturated carbocycles. The highest BCUT2D eigenvalue weighted by molar-refractivity contribution is 6.38. The van der Waals surface area contributed by atoms with E-state index in [0.717, 1.165) is 0 Å². The molecule has 238 valence electrons. The predicted molar refractivity (Wildman–Crippen MR) is 167 cm³/mol. The lowest BCUT2D eigenvalue weighted by Crippen LogP contribution is -2.60. The van der Waals surface area contributed by atoms with Crippen LogP contribution in [-0.4, -0.2) is 78.0 Å². The summed E-state index contributed by atoms with van der Waals surface area (Å²) in [4.78, 5) is 79.7. The molecule has 0 bridgehead atoms. The van der Waals surface area contributed by atoms with Gasteiger partial charge in [0.2, 0.25) is 17.6 Å². The van der Waals surface area contributed by atoms with Crippen molar-refractivity contribution in [1.82, 2.24) is 26.2 Å². The Labute approximate surface area is 260 Å². The average Bonchev–Trinajstić information content (AvgIpc) is 3.45. The summed E-state index contributed by atoms with van der Waals surface area (Å²) in [5.74, 6) is -0.530. The fourth-order valence-electron chi connectivity index (χ4n) is 4.90. The van der Waals surface area contributed by atoms with Crippen LogP contribution in [0.4, 0.5) is 4.79 Å². The summed E-state index contributed by atoms with van der Waals surface area (Å²) in [6.45, 7) is 12.9. The van der Waals surface area contributed by atoms with Crippen molar-refractivity contribution in [1.29, 1.82) is 0 Å². The number of amides is 5. The standard InChI is InChI=1S/C33H45N5O6/c1-8-10-16-24(27(40)30(42)34-17-9-2)36-29(41)25-18-23(21(3)4)20-38(25)31(43)28(33(5,6)7)37-32(44)35-19-26(39)22-14-12-11-13-15-22/h1,9,11-15,21,23-25,28H,2,10,16-20H2,3-7H3,(H,34,42)(H,36,41)(H2,35,37,44)/t23-,24?,25?,28?/m1/s1. The largest absolute Gasteiger partial charge is 0.346 e. The number of benzene rings is 1. The van der Waals surface area contributed by atoms with Crippen LogP contribution in [0.2, 0.25) is 0 Å². The quantitative estimate of drug-likeness (QED) is 0.110. The van der Waals surface area contributed by atoms with Gasteiger partial charge in [-0.3, -0.25) is 24.0 Å². The molecule has 0 aliphatic carbocycles. The van der Waals surface area contributed by atoms with Gasteiger partial charge in [-0.2, -0.15) is 0 Å². The van der Waals surface area contributed by atoms with Crippen molar-refractivity contribution in [3.8, 4) is 12.3 Å². The minimum Gasteiger partial charge on any atom is -0.346 e. The molecular weight excluding hydrogens is 562 g/mol. The zero-order valence-electron chi connectivity index (χ0n) is 26.3. The molecule has 1 aliphatic heterocycles. The molecule has 1 aliphatic rings. The fourth-order valence-corrected chi connectivity index (χ4v) is 4.90. The van der Waals surface area contributed by atoms with Crippen molar-refractivity contribution in [3.05, 3.63) is 48.6 Å². The number of nitrogens with one attached hydrogen (secondary N) is 4. The monoisotopic (exact) mass is 607 g/mol. The molecule has 4 atom stereocenters. The van der Waals surface area contributed by atoms with E-state index in [1.807, 2.05) is 13.8 Å². The van der Waals surface area contributed by atoms with Crippen LogP contribution in [0.1, 0.15) is 64.2 Å². The van der Waals surface area contributed by atoms with Gasteiger partial charge in [0.1, 0.15) is 12.1 Å². The Hall–Kier alpha value is -4.46. The van der Waals surface area contributed by atoms with Crippen molar-refractivity contribution < 1.29 is 28.8 Å². The molecule has 44 heavy (non-hydrogen) atoms. The van der Waals surface area contributed by atoms with Gasteiger partial charge in [-0.25, -0.2) is 4.79 Å². The average molecular weight is 608 g/mol. The Morgan fingerprint density at radius 3 is 2.30 bits per heavy atom. The first-order chi connectivity index (χ1) is 20.7. The number of terminal acetylenes is 1. The van der Waals surface area contributed by atoms with E-state index in [9.17, 15) is 28.8 Å². The Morgan fingerprint density at radius 1 is 1.07 bits per heavy atom. The third kappa shape index (κ3) is 10.1. The van der Waals surface area contributed by atoms with Crippen LogP contribution in [0.5, 0.6) is 0 Å². The van der Waals surface area contributed by atoms with Gasteiger partial charge in [0.25, 0.3) is 5.91 Å².